The number of allylic oxidation sites excluding steroid dienone is 5. The molecule has 0 N–H and O–H groups in total. The summed E-state index contributed by atoms with van der Waals surface area (Å²) >= 11 is 0. The van der Waals surface area contributed by atoms with Crippen LogP contribution >= 0.6 is 0 Å². The summed E-state index contributed by atoms with van der Waals surface area (Å²) in [5.41, 5.74) is 0.695. The molecule has 0 bridgehead atoms. The van der Waals surface area contributed by atoms with E-state index in [-0.39, 0.29) is 11.9 Å². The third-order valence-corrected chi connectivity index (χ3v) is 2.52. The maximum Gasteiger partial charge on any atom is 0.330 e. The molecular formula is C14H18O3. The highest BCUT2D eigenvalue weighted by Crippen LogP contribution is 2.16. The predicted octanol–water partition coefficient (Wildman–Crippen LogP) is 2.59. The molecule has 92 valence electrons. The van der Waals surface area contributed by atoms with Crippen LogP contribution < -0.4 is 0 Å². The lowest BCUT2D eigenvalue weighted by molar-refractivity contribution is -0.137. The van der Waals surface area contributed by atoms with E-state index in [0.717, 1.165) is 25.5 Å². The van der Waals surface area contributed by atoms with E-state index in [0.29, 0.717) is 12.2 Å². The Bertz CT molecular complexity index is 350. The van der Waals surface area contributed by atoms with Crippen molar-refractivity contribution in [1.29, 1.82) is 0 Å². The van der Waals surface area contributed by atoms with Gasteiger partial charge in [0.2, 0.25) is 0 Å². The Balaban J connectivity index is 2.30. The van der Waals surface area contributed by atoms with Gasteiger partial charge in [0.15, 0.2) is 0 Å². The number of ether oxygens (including phenoxy) is 1. The molecule has 0 spiro atoms. The van der Waals surface area contributed by atoms with Crippen LogP contribution in [0.4, 0.5) is 0 Å². The molecule has 0 fully saturated rings. The molecule has 17 heavy (non-hydrogen) atoms. The topological polar surface area (TPSA) is 43.4 Å². The van der Waals surface area contributed by atoms with Crippen molar-refractivity contribution < 1.29 is 14.3 Å². The molecule has 3 nitrogen and oxygen atoms in total. The van der Waals surface area contributed by atoms with Crippen molar-refractivity contribution in [2.24, 2.45) is 5.92 Å². The summed E-state index contributed by atoms with van der Waals surface area (Å²) in [6.45, 7) is 2.53. The Kier molecular flexibility index (Phi) is 6.00. The van der Waals surface area contributed by atoms with Crippen molar-refractivity contribution >= 4 is 12.3 Å². The Morgan fingerprint density at radius 1 is 1.59 bits per heavy atom. The van der Waals surface area contributed by atoms with Crippen LogP contribution in [-0.2, 0) is 14.3 Å². The monoisotopic (exact) mass is 234 g/mol. The second-order valence-corrected chi connectivity index (χ2v) is 3.96. The van der Waals surface area contributed by atoms with Gasteiger partial charge in [-0.05, 0) is 18.8 Å². The Hall–Kier alpha value is -1.64. The zero-order valence-corrected chi connectivity index (χ0v) is 10.1. The van der Waals surface area contributed by atoms with Crippen molar-refractivity contribution in [3.8, 4) is 0 Å². The first kappa shape index (κ1) is 13.4. The first-order chi connectivity index (χ1) is 8.26. The number of esters is 1. The fraction of sp³-hybridized carbons (Fsp3) is 0.429. The van der Waals surface area contributed by atoms with Crippen LogP contribution in [0.2, 0.25) is 0 Å². The zero-order valence-electron chi connectivity index (χ0n) is 10.1. The van der Waals surface area contributed by atoms with Crippen molar-refractivity contribution in [2.75, 3.05) is 6.61 Å². The summed E-state index contributed by atoms with van der Waals surface area (Å²) in [6.07, 6.45) is 12.3. The third kappa shape index (κ3) is 5.29. The van der Waals surface area contributed by atoms with E-state index >= 15 is 0 Å². The first-order valence-electron chi connectivity index (χ1n) is 5.94. The molecule has 0 amide bonds. The summed E-state index contributed by atoms with van der Waals surface area (Å²) in [5, 5.41) is 0. The standard InChI is InChI=1S/C14H18O3/c1-2-3-10-17-14(16)9-8-12-4-6-13(11-15)7-5-12/h4,6-9,11-12H,2-3,5,10H2,1H3/b9-8+. The molecule has 1 rings (SSSR count). The normalized spacial score (nSPS) is 19.1. The highest BCUT2D eigenvalue weighted by molar-refractivity contribution is 5.82. The second kappa shape index (κ2) is 7.60. The van der Waals surface area contributed by atoms with Gasteiger partial charge in [-0.2, -0.15) is 0 Å². The van der Waals surface area contributed by atoms with Gasteiger partial charge in [-0.15, -0.1) is 0 Å². The minimum Gasteiger partial charge on any atom is -0.463 e. The Labute approximate surface area is 102 Å². The van der Waals surface area contributed by atoms with Gasteiger partial charge in [-0.3, -0.25) is 4.79 Å². The predicted molar refractivity (Wildman–Crippen MR) is 66.4 cm³/mol. The molecule has 0 aromatic rings. The van der Waals surface area contributed by atoms with Crippen molar-refractivity contribution in [1.82, 2.24) is 0 Å². The number of unbranched alkanes of at least 4 members (excludes halogenated alkanes) is 1. The second-order valence-electron chi connectivity index (χ2n) is 3.96. The number of hydrogen-bond donors (Lipinski definition) is 0. The molecule has 0 aromatic carbocycles. The zero-order chi connectivity index (χ0) is 12.5. The van der Waals surface area contributed by atoms with Gasteiger partial charge in [-0.25, -0.2) is 4.79 Å². The van der Waals surface area contributed by atoms with Crippen LogP contribution in [0.15, 0.2) is 36.0 Å². The third-order valence-electron chi connectivity index (χ3n) is 2.52. The molecule has 1 unspecified atom stereocenters. The number of carbonyl (C=O) groups is 2. The average molecular weight is 234 g/mol. The first-order valence-corrected chi connectivity index (χ1v) is 5.94. The molecule has 3 heteroatoms. The fourth-order valence-corrected chi connectivity index (χ4v) is 1.45. The largest absolute Gasteiger partial charge is 0.463 e. The van der Waals surface area contributed by atoms with E-state index < -0.39 is 0 Å². The van der Waals surface area contributed by atoms with Gasteiger partial charge in [0, 0.05) is 11.6 Å². The fourth-order valence-electron chi connectivity index (χ4n) is 1.45. The van der Waals surface area contributed by atoms with Crippen LogP contribution in [0, 0.1) is 5.92 Å². The summed E-state index contributed by atoms with van der Waals surface area (Å²) in [7, 11) is 0. The van der Waals surface area contributed by atoms with Gasteiger partial charge in [0.1, 0.15) is 6.29 Å². The van der Waals surface area contributed by atoms with Crippen LogP contribution in [0.3, 0.4) is 0 Å². The lowest BCUT2D eigenvalue weighted by Gasteiger charge is -2.09. The maximum atomic E-state index is 11.3. The Morgan fingerprint density at radius 3 is 3.00 bits per heavy atom. The molecule has 1 aliphatic carbocycles. The van der Waals surface area contributed by atoms with Gasteiger partial charge >= 0.3 is 5.97 Å². The number of hydrogen-bond acceptors (Lipinski definition) is 3. The smallest absolute Gasteiger partial charge is 0.330 e. The molecule has 0 aromatic heterocycles. The van der Waals surface area contributed by atoms with Crippen molar-refractivity contribution in [3.63, 3.8) is 0 Å². The highest BCUT2D eigenvalue weighted by Gasteiger charge is 2.05. The molecule has 0 saturated heterocycles. The maximum absolute atomic E-state index is 11.3. The van der Waals surface area contributed by atoms with Crippen LogP contribution in [-0.4, -0.2) is 18.9 Å². The van der Waals surface area contributed by atoms with Gasteiger partial charge in [0.05, 0.1) is 6.61 Å². The minimum atomic E-state index is -0.294. The van der Waals surface area contributed by atoms with Crippen molar-refractivity contribution in [2.45, 2.75) is 26.2 Å². The molecule has 0 radical (unpaired) electrons. The molecular weight excluding hydrogens is 216 g/mol. The quantitative estimate of drug-likeness (QED) is 0.307. The lowest BCUT2D eigenvalue weighted by atomic mass is 9.97. The molecule has 1 atom stereocenters. The summed E-state index contributed by atoms with van der Waals surface area (Å²) in [5.74, 6) is -0.116. The van der Waals surface area contributed by atoms with Crippen LogP contribution in [0.1, 0.15) is 26.2 Å². The van der Waals surface area contributed by atoms with E-state index in [1.54, 1.807) is 6.08 Å². The lowest BCUT2D eigenvalue weighted by Crippen LogP contribution is -2.03. The summed E-state index contributed by atoms with van der Waals surface area (Å²) < 4.78 is 4.99. The molecule has 0 heterocycles. The van der Waals surface area contributed by atoms with Gasteiger partial charge in [0.25, 0.3) is 0 Å². The van der Waals surface area contributed by atoms with Crippen LogP contribution in [0.25, 0.3) is 0 Å². The highest BCUT2D eigenvalue weighted by atomic mass is 16.5. The van der Waals surface area contributed by atoms with Gasteiger partial charge < -0.3 is 4.74 Å². The van der Waals surface area contributed by atoms with E-state index in [4.69, 9.17) is 4.74 Å². The van der Waals surface area contributed by atoms with Gasteiger partial charge in [-0.1, -0.05) is 37.6 Å². The van der Waals surface area contributed by atoms with E-state index in [9.17, 15) is 9.59 Å². The summed E-state index contributed by atoms with van der Waals surface area (Å²) in [4.78, 5) is 21.7. The molecule has 0 aliphatic heterocycles. The summed E-state index contributed by atoms with van der Waals surface area (Å²) in [6, 6.07) is 0. The van der Waals surface area contributed by atoms with Crippen LogP contribution in [0.5, 0.6) is 0 Å². The number of carbonyl (C=O) groups excluding carboxylic acids is 2. The van der Waals surface area contributed by atoms with E-state index in [1.165, 1.54) is 6.08 Å². The molecule has 1 aliphatic rings. The van der Waals surface area contributed by atoms with E-state index in [2.05, 4.69) is 0 Å². The number of aldehydes is 1. The Morgan fingerprint density at radius 2 is 2.41 bits per heavy atom. The average Bonchev–Trinajstić information content (AvgIpc) is 2.37. The van der Waals surface area contributed by atoms with Crippen molar-refractivity contribution in [3.05, 3.63) is 36.0 Å². The van der Waals surface area contributed by atoms with E-state index in [1.807, 2.05) is 25.2 Å². The number of rotatable bonds is 6. The minimum absolute atomic E-state index is 0.178. The molecule has 0 saturated carbocycles. The SMILES string of the molecule is CCCCOC(=O)/C=C/C1C=CC(C=O)=CC1.